The van der Waals surface area contributed by atoms with Crippen LogP contribution in [0, 0.1) is 0 Å². The average Bonchev–Trinajstić information content (AvgIpc) is 3.11. The number of rotatable bonds is 4. The molecule has 29 heavy (non-hydrogen) atoms. The maximum absolute atomic E-state index is 13.5. The first-order valence-corrected chi connectivity index (χ1v) is 10.3. The Morgan fingerprint density at radius 3 is 2.24 bits per heavy atom. The van der Waals surface area contributed by atoms with Crippen LogP contribution in [0.25, 0.3) is 15.9 Å². The van der Waals surface area contributed by atoms with Gasteiger partial charge in [0.1, 0.15) is 9.83 Å². The number of carbonyl (C=O) groups excluding carboxylic acids is 1. The van der Waals surface area contributed by atoms with Gasteiger partial charge in [0.05, 0.1) is 11.3 Å². The Bertz CT molecular complexity index is 1260. The molecule has 0 saturated carbocycles. The van der Waals surface area contributed by atoms with Crippen molar-refractivity contribution < 1.29 is 4.79 Å². The summed E-state index contributed by atoms with van der Waals surface area (Å²) in [5.41, 5.74) is 7.96. The van der Waals surface area contributed by atoms with Gasteiger partial charge < -0.3 is 10.6 Å². The first-order valence-electron chi connectivity index (χ1n) is 9.48. The summed E-state index contributed by atoms with van der Waals surface area (Å²) in [6.07, 6.45) is 0. The van der Waals surface area contributed by atoms with Gasteiger partial charge in [-0.2, -0.15) is 0 Å². The van der Waals surface area contributed by atoms with Crippen LogP contribution in [0.2, 0.25) is 0 Å². The van der Waals surface area contributed by atoms with Crippen LogP contribution < -0.4 is 16.2 Å². The van der Waals surface area contributed by atoms with E-state index in [1.54, 1.807) is 10.6 Å². The Labute approximate surface area is 171 Å². The summed E-state index contributed by atoms with van der Waals surface area (Å²) in [5, 5.41) is 1.67. The number of carbonyl (C=O) groups is 1. The van der Waals surface area contributed by atoms with E-state index in [9.17, 15) is 9.59 Å². The summed E-state index contributed by atoms with van der Waals surface area (Å²) in [4.78, 5) is 29.1. The van der Waals surface area contributed by atoms with Crippen molar-refractivity contribution in [3.8, 4) is 5.69 Å². The lowest BCUT2D eigenvalue weighted by Gasteiger charge is -2.38. The normalized spacial score (nSPS) is 14.2. The topological polar surface area (TPSA) is 68.3 Å². The van der Waals surface area contributed by atoms with Gasteiger partial charge in [0.2, 0.25) is 0 Å². The zero-order valence-electron chi connectivity index (χ0n) is 15.6. The van der Waals surface area contributed by atoms with Crippen LogP contribution in [0.1, 0.15) is 15.9 Å². The fourth-order valence-electron chi connectivity index (χ4n) is 3.75. The highest BCUT2D eigenvalue weighted by Crippen LogP contribution is 2.41. The Kier molecular flexibility index (Phi) is 4.30. The third-order valence-electron chi connectivity index (χ3n) is 5.20. The minimum atomic E-state index is -0.115. The van der Waals surface area contributed by atoms with E-state index in [4.69, 9.17) is 5.73 Å². The predicted molar refractivity (Wildman–Crippen MR) is 117 cm³/mol. The van der Waals surface area contributed by atoms with E-state index in [2.05, 4.69) is 4.90 Å². The van der Waals surface area contributed by atoms with E-state index >= 15 is 0 Å². The number of nitrogens with zero attached hydrogens (tertiary/aromatic N) is 2. The number of hydrogen-bond donors (Lipinski definition) is 1. The zero-order chi connectivity index (χ0) is 20.0. The van der Waals surface area contributed by atoms with E-state index in [0.29, 0.717) is 24.2 Å². The molecule has 1 aliphatic heterocycles. The minimum absolute atomic E-state index is 0.0365. The Morgan fingerprint density at radius 1 is 0.931 bits per heavy atom. The highest BCUT2D eigenvalue weighted by molar-refractivity contribution is 7.23. The lowest BCUT2D eigenvalue weighted by atomic mass is 10.0. The molecule has 2 aromatic heterocycles. The van der Waals surface area contributed by atoms with Gasteiger partial charge in [-0.25, -0.2) is 0 Å². The molecule has 2 N–H and O–H groups in total. The lowest BCUT2D eigenvalue weighted by Crippen LogP contribution is -2.55. The second-order valence-corrected chi connectivity index (χ2v) is 8.18. The first kappa shape index (κ1) is 17.8. The Morgan fingerprint density at radius 2 is 1.59 bits per heavy atom. The summed E-state index contributed by atoms with van der Waals surface area (Å²) in [7, 11) is 0. The van der Waals surface area contributed by atoms with Crippen LogP contribution in [0.5, 0.6) is 0 Å². The third-order valence-corrected chi connectivity index (χ3v) is 6.45. The number of fused-ring (bicyclic) bond motifs is 1. The number of nitrogens with two attached hydrogens (primary N) is 1. The molecule has 0 atom stereocenters. The first-order chi connectivity index (χ1) is 14.1. The van der Waals surface area contributed by atoms with Gasteiger partial charge >= 0.3 is 0 Å². The number of aromatic nitrogens is 1. The van der Waals surface area contributed by atoms with Crippen LogP contribution in [0.4, 0.5) is 5.00 Å². The number of thiophene rings is 1. The van der Waals surface area contributed by atoms with Crippen molar-refractivity contribution in [1.29, 1.82) is 0 Å². The maximum atomic E-state index is 13.5. The summed E-state index contributed by atoms with van der Waals surface area (Å²) in [6.45, 7) is 1.41. The molecule has 2 aromatic carbocycles. The fourth-order valence-corrected chi connectivity index (χ4v) is 5.08. The lowest BCUT2D eigenvalue weighted by molar-refractivity contribution is 0.104. The molecule has 5 rings (SSSR count). The standard InChI is InChI=1S/C23H19N3O2S/c24-16-13-25(14-16)23-20(21(28)15-7-3-1-4-8-15)18-11-12-19(27)26(22(18)29-23)17-9-5-2-6-10-17/h1-12,16H,13-14,24H2. The number of para-hydroxylation sites is 1. The number of anilines is 1. The monoisotopic (exact) mass is 401 g/mol. The number of hydrogen-bond acceptors (Lipinski definition) is 5. The van der Waals surface area contributed by atoms with Crippen molar-refractivity contribution in [2.75, 3.05) is 18.0 Å². The molecule has 0 amide bonds. The van der Waals surface area contributed by atoms with E-state index in [1.165, 1.54) is 17.4 Å². The van der Waals surface area contributed by atoms with Gasteiger partial charge in [0, 0.05) is 36.1 Å². The van der Waals surface area contributed by atoms with Crippen LogP contribution in [0.3, 0.4) is 0 Å². The number of benzene rings is 2. The maximum Gasteiger partial charge on any atom is 0.256 e. The van der Waals surface area contributed by atoms with E-state index in [1.807, 2.05) is 60.7 Å². The Hall–Kier alpha value is -3.22. The summed E-state index contributed by atoms with van der Waals surface area (Å²) < 4.78 is 1.69. The molecule has 0 bridgehead atoms. The van der Waals surface area contributed by atoms with Crippen molar-refractivity contribution in [3.63, 3.8) is 0 Å². The van der Waals surface area contributed by atoms with Crippen molar-refractivity contribution in [2.45, 2.75) is 6.04 Å². The molecule has 0 spiro atoms. The van der Waals surface area contributed by atoms with Gasteiger partial charge in [0.15, 0.2) is 5.78 Å². The van der Waals surface area contributed by atoms with Crippen LogP contribution >= 0.6 is 11.3 Å². The van der Waals surface area contributed by atoms with Crippen molar-refractivity contribution in [1.82, 2.24) is 4.57 Å². The molecule has 0 unspecified atom stereocenters. The molecule has 1 aliphatic rings. The predicted octanol–water partition coefficient (Wildman–Crippen LogP) is 3.43. The van der Waals surface area contributed by atoms with Gasteiger partial charge in [-0.15, -0.1) is 0 Å². The fraction of sp³-hybridized carbons (Fsp3) is 0.130. The van der Waals surface area contributed by atoms with Gasteiger partial charge in [-0.3, -0.25) is 14.2 Å². The SMILES string of the molecule is NC1CN(c2sc3c(ccc(=O)n3-c3ccccc3)c2C(=O)c2ccccc2)C1. The molecular formula is C23H19N3O2S. The van der Waals surface area contributed by atoms with E-state index < -0.39 is 0 Å². The molecule has 3 heterocycles. The molecule has 6 heteroatoms. The molecule has 1 fully saturated rings. The zero-order valence-corrected chi connectivity index (χ0v) is 16.4. The average molecular weight is 401 g/mol. The second-order valence-electron chi connectivity index (χ2n) is 7.20. The molecule has 5 nitrogen and oxygen atoms in total. The van der Waals surface area contributed by atoms with Gasteiger partial charge in [-0.05, 0) is 18.2 Å². The van der Waals surface area contributed by atoms with Crippen LogP contribution in [0.15, 0.2) is 77.6 Å². The number of ketones is 1. The van der Waals surface area contributed by atoms with Crippen LogP contribution in [-0.4, -0.2) is 29.5 Å². The molecule has 1 saturated heterocycles. The second kappa shape index (κ2) is 6.99. The summed E-state index contributed by atoms with van der Waals surface area (Å²) in [6, 6.07) is 22.2. The van der Waals surface area contributed by atoms with E-state index in [0.717, 1.165) is 20.9 Å². The summed E-state index contributed by atoms with van der Waals surface area (Å²) >= 11 is 1.48. The smallest absolute Gasteiger partial charge is 0.256 e. The third kappa shape index (κ3) is 2.97. The molecular weight excluding hydrogens is 382 g/mol. The molecule has 144 valence electrons. The molecule has 4 aromatic rings. The molecule has 0 aliphatic carbocycles. The molecule has 0 radical (unpaired) electrons. The van der Waals surface area contributed by atoms with Crippen molar-refractivity contribution >= 4 is 32.3 Å². The quantitative estimate of drug-likeness (QED) is 0.532. The number of pyridine rings is 1. The van der Waals surface area contributed by atoms with Crippen molar-refractivity contribution in [2.24, 2.45) is 5.73 Å². The Balaban J connectivity index is 1.78. The highest BCUT2D eigenvalue weighted by atomic mass is 32.1. The van der Waals surface area contributed by atoms with Crippen molar-refractivity contribution in [3.05, 3.63) is 94.3 Å². The van der Waals surface area contributed by atoms with Gasteiger partial charge in [-0.1, -0.05) is 59.9 Å². The summed E-state index contributed by atoms with van der Waals surface area (Å²) in [5.74, 6) is -0.0365. The minimum Gasteiger partial charge on any atom is -0.360 e. The van der Waals surface area contributed by atoms with Gasteiger partial charge in [0.25, 0.3) is 5.56 Å². The highest BCUT2D eigenvalue weighted by Gasteiger charge is 2.31. The largest absolute Gasteiger partial charge is 0.360 e. The van der Waals surface area contributed by atoms with E-state index in [-0.39, 0.29) is 17.4 Å². The van der Waals surface area contributed by atoms with Crippen LogP contribution in [-0.2, 0) is 0 Å².